The van der Waals surface area contributed by atoms with Gasteiger partial charge < -0.3 is 10.6 Å². The highest BCUT2D eigenvalue weighted by atomic mass is 16.2. The van der Waals surface area contributed by atoms with E-state index in [9.17, 15) is 9.59 Å². The third kappa shape index (κ3) is 3.38. The van der Waals surface area contributed by atoms with Crippen molar-refractivity contribution in [1.82, 2.24) is 9.80 Å². The average Bonchev–Trinajstić information content (AvgIpc) is 3.06. The molecule has 1 spiro atoms. The molecule has 0 aromatic heterocycles. The van der Waals surface area contributed by atoms with Gasteiger partial charge in [-0.3, -0.25) is 14.5 Å². The number of benzene rings is 1. The number of rotatable bonds is 4. The summed E-state index contributed by atoms with van der Waals surface area (Å²) >= 11 is 0. The minimum absolute atomic E-state index is 0.0659. The van der Waals surface area contributed by atoms with E-state index < -0.39 is 11.3 Å². The van der Waals surface area contributed by atoms with E-state index in [0.717, 1.165) is 45.2 Å². The fraction of sp³-hybridized carbons (Fsp3) is 0.636. The SMILES string of the molecule is CN(C)C1(c2ccccc2)CCC2(CCN(C(=O)C(C)(C)C(N)=O)C2)CC1. The number of nitrogens with zero attached hydrogens (tertiary/aromatic N) is 2. The highest BCUT2D eigenvalue weighted by Crippen LogP contribution is 2.52. The van der Waals surface area contributed by atoms with E-state index in [4.69, 9.17) is 5.73 Å². The summed E-state index contributed by atoms with van der Waals surface area (Å²) in [7, 11) is 4.34. The topological polar surface area (TPSA) is 66.6 Å². The van der Waals surface area contributed by atoms with Gasteiger partial charge in [0.05, 0.1) is 0 Å². The van der Waals surface area contributed by atoms with Crippen LogP contribution in [0.3, 0.4) is 0 Å². The summed E-state index contributed by atoms with van der Waals surface area (Å²) in [4.78, 5) is 28.7. The van der Waals surface area contributed by atoms with Gasteiger partial charge in [0.1, 0.15) is 5.41 Å². The Morgan fingerprint density at radius 2 is 1.63 bits per heavy atom. The molecule has 1 aliphatic heterocycles. The zero-order valence-electron chi connectivity index (χ0n) is 17.1. The van der Waals surface area contributed by atoms with Gasteiger partial charge in [-0.05, 0) is 71.0 Å². The Morgan fingerprint density at radius 3 is 2.15 bits per heavy atom. The van der Waals surface area contributed by atoms with Gasteiger partial charge >= 0.3 is 0 Å². The molecule has 5 heteroatoms. The number of likely N-dealkylation sites (tertiary alicyclic amines) is 1. The number of carbonyl (C=O) groups excluding carboxylic acids is 2. The van der Waals surface area contributed by atoms with E-state index in [1.165, 1.54) is 5.56 Å². The molecule has 2 fully saturated rings. The number of nitrogens with two attached hydrogens (primary N) is 1. The van der Waals surface area contributed by atoms with Gasteiger partial charge in [-0.15, -0.1) is 0 Å². The maximum Gasteiger partial charge on any atom is 0.237 e. The van der Waals surface area contributed by atoms with Crippen LogP contribution in [-0.2, 0) is 15.1 Å². The van der Waals surface area contributed by atoms with E-state index >= 15 is 0 Å². The van der Waals surface area contributed by atoms with Gasteiger partial charge in [0, 0.05) is 18.6 Å². The molecule has 3 rings (SSSR count). The number of hydrogen-bond acceptors (Lipinski definition) is 3. The Morgan fingerprint density at radius 1 is 1.04 bits per heavy atom. The summed E-state index contributed by atoms with van der Waals surface area (Å²) in [5.74, 6) is -0.674. The second-order valence-corrected chi connectivity index (χ2v) is 9.26. The summed E-state index contributed by atoms with van der Waals surface area (Å²) in [5.41, 5.74) is 5.95. The van der Waals surface area contributed by atoms with Crippen LogP contribution in [0.15, 0.2) is 30.3 Å². The first-order valence-electron chi connectivity index (χ1n) is 9.95. The molecule has 1 aliphatic carbocycles. The molecule has 2 amide bonds. The monoisotopic (exact) mass is 371 g/mol. The lowest BCUT2D eigenvalue weighted by Gasteiger charge is -2.49. The van der Waals surface area contributed by atoms with Crippen molar-refractivity contribution < 1.29 is 9.59 Å². The summed E-state index contributed by atoms with van der Waals surface area (Å²) in [6.07, 6.45) is 5.39. The fourth-order valence-corrected chi connectivity index (χ4v) is 4.95. The van der Waals surface area contributed by atoms with Crippen molar-refractivity contribution in [1.29, 1.82) is 0 Å². The maximum absolute atomic E-state index is 12.8. The van der Waals surface area contributed by atoms with Crippen molar-refractivity contribution in [3.8, 4) is 0 Å². The highest BCUT2D eigenvalue weighted by molar-refractivity contribution is 6.03. The van der Waals surface area contributed by atoms with Gasteiger partial charge in [0.25, 0.3) is 0 Å². The molecule has 0 atom stereocenters. The van der Waals surface area contributed by atoms with Crippen LogP contribution in [0.4, 0.5) is 0 Å². The molecule has 0 radical (unpaired) electrons. The van der Waals surface area contributed by atoms with E-state index in [2.05, 4.69) is 49.3 Å². The van der Waals surface area contributed by atoms with Gasteiger partial charge in [0.15, 0.2) is 0 Å². The molecule has 2 N–H and O–H groups in total. The normalized spacial score (nSPS) is 28.7. The summed E-state index contributed by atoms with van der Waals surface area (Å²) in [6.45, 7) is 4.75. The first kappa shape index (κ1) is 19.9. The minimum Gasteiger partial charge on any atom is -0.369 e. The Labute approximate surface area is 162 Å². The Bertz CT molecular complexity index is 704. The molecule has 1 heterocycles. The maximum atomic E-state index is 12.8. The Kier molecular flexibility index (Phi) is 5.10. The van der Waals surface area contributed by atoms with E-state index in [1.54, 1.807) is 13.8 Å². The predicted octanol–water partition coefficient (Wildman–Crippen LogP) is 2.75. The first-order chi connectivity index (χ1) is 12.6. The number of hydrogen-bond donors (Lipinski definition) is 1. The lowest BCUT2D eigenvalue weighted by molar-refractivity contribution is -0.146. The summed E-state index contributed by atoms with van der Waals surface area (Å²) in [6, 6.07) is 10.8. The second-order valence-electron chi connectivity index (χ2n) is 9.26. The zero-order valence-corrected chi connectivity index (χ0v) is 17.1. The molecule has 1 saturated carbocycles. The van der Waals surface area contributed by atoms with Crippen LogP contribution in [-0.4, -0.2) is 48.8 Å². The molecule has 0 unspecified atom stereocenters. The average molecular weight is 372 g/mol. The lowest BCUT2D eigenvalue weighted by atomic mass is 9.64. The van der Waals surface area contributed by atoms with Crippen molar-refractivity contribution in [2.45, 2.75) is 51.5 Å². The van der Waals surface area contributed by atoms with E-state index in [0.29, 0.717) is 0 Å². The zero-order chi connectivity index (χ0) is 19.9. The third-order valence-corrected chi connectivity index (χ3v) is 7.18. The van der Waals surface area contributed by atoms with Crippen LogP contribution < -0.4 is 5.73 Å². The smallest absolute Gasteiger partial charge is 0.237 e. The van der Waals surface area contributed by atoms with Crippen molar-refractivity contribution in [2.24, 2.45) is 16.6 Å². The van der Waals surface area contributed by atoms with Crippen LogP contribution in [0, 0.1) is 10.8 Å². The van der Waals surface area contributed by atoms with Crippen LogP contribution in [0.25, 0.3) is 0 Å². The lowest BCUT2D eigenvalue weighted by Crippen LogP contribution is -2.49. The standard InChI is InChI=1S/C22H33N3O2/c1-20(2,18(23)26)19(27)25-15-14-21(16-25)10-12-22(13-11-21,24(3)4)17-8-6-5-7-9-17/h5-9H,10-16H2,1-4H3,(H2,23,26). The minimum atomic E-state index is -1.13. The fourth-order valence-electron chi connectivity index (χ4n) is 4.95. The number of primary amides is 1. The molecule has 0 bridgehead atoms. The van der Waals surface area contributed by atoms with E-state index in [1.807, 2.05) is 4.90 Å². The summed E-state index contributed by atoms with van der Waals surface area (Å²) in [5, 5.41) is 0. The molecule has 1 aromatic carbocycles. The van der Waals surface area contributed by atoms with Gasteiger partial charge in [-0.25, -0.2) is 0 Å². The largest absolute Gasteiger partial charge is 0.369 e. The van der Waals surface area contributed by atoms with E-state index in [-0.39, 0.29) is 16.9 Å². The van der Waals surface area contributed by atoms with Gasteiger partial charge in [-0.1, -0.05) is 30.3 Å². The van der Waals surface area contributed by atoms with Crippen LogP contribution in [0.5, 0.6) is 0 Å². The molecule has 1 aromatic rings. The molecule has 27 heavy (non-hydrogen) atoms. The molecular formula is C22H33N3O2. The second kappa shape index (κ2) is 6.93. The number of carbonyl (C=O) groups is 2. The van der Waals surface area contributed by atoms with Gasteiger partial charge in [-0.2, -0.15) is 0 Å². The van der Waals surface area contributed by atoms with Gasteiger partial charge in [0.2, 0.25) is 11.8 Å². The molecule has 2 aliphatic rings. The molecule has 5 nitrogen and oxygen atoms in total. The highest BCUT2D eigenvalue weighted by Gasteiger charge is 2.50. The van der Waals surface area contributed by atoms with Crippen molar-refractivity contribution in [2.75, 3.05) is 27.2 Å². The van der Waals surface area contributed by atoms with Crippen molar-refractivity contribution >= 4 is 11.8 Å². The van der Waals surface area contributed by atoms with Crippen molar-refractivity contribution in [3.05, 3.63) is 35.9 Å². The molecular weight excluding hydrogens is 338 g/mol. The quantitative estimate of drug-likeness (QED) is 0.828. The van der Waals surface area contributed by atoms with Crippen LogP contribution >= 0.6 is 0 Å². The van der Waals surface area contributed by atoms with Crippen LogP contribution in [0.1, 0.15) is 51.5 Å². The number of amides is 2. The Hall–Kier alpha value is -1.88. The third-order valence-electron chi connectivity index (χ3n) is 7.18. The summed E-state index contributed by atoms with van der Waals surface area (Å²) < 4.78 is 0. The predicted molar refractivity (Wildman–Crippen MR) is 107 cm³/mol. The first-order valence-corrected chi connectivity index (χ1v) is 9.95. The van der Waals surface area contributed by atoms with Crippen LogP contribution in [0.2, 0.25) is 0 Å². The molecule has 148 valence electrons. The molecule has 1 saturated heterocycles. The Balaban J connectivity index is 1.74. The van der Waals surface area contributed by atoms with Crippen molar-refractivity contribution in [3.63, 3.8) is 0 Å².